The molecule has 1 fully saturated rings. The quantitative estimate of drug-likeness (QED) is 0.448. The van der Waals surface area contributed by atoms with Crippen molar-refractivity contribution in [1.29, 1.82) is 0 Å². The maximum Gasteiger partial charge on any atom is 0.265 e. The van der Waals surface area contributed by atoms with Crippen LogP contribution >= 0.6 is 0 Å². The fraction of sp³-hybridized carbons (Fsp3) is 0.407. The smallest absolute Gasteiger partial charge is 0.265 e. The number of rotatable bonds is 7. The van der Waals surface area contributed by atoms with E-state index in [1.807, 2.05) is 12.1 Å². The molecular formula is C27H29F2N5O2. The Morgan fingerprint density at radius 1 is 1.11 bits per heavy atom. The van der Waals surface area contributed by atoms with Crippen molar-refractivity contribution in [2.24, 2.45) is 0 Å². The highest BCUT2D eigenvalue weighted by Gasteiger charge is 2.24. The third-order valence-corrected chi connectivity index (χ3v) is 7.01. The van der Waals surface area contributed by atoms with Crippen LogP contribution in [0.15, 0.2) is 48.9 Å². The van der Waals surface area contributed by atoms with Crippen LogP contribution in [0.1, 0.15) is 58.6 Å². The molecule has 0 aromatic carbocycles. The minimum atomic E-state index is -2.58. The van der Waals surface area contributed by atoms with E-state index in [1.165, 1.54) is 28.6 Å². The van der Waals surface area contributed by atoms with Crippen molar-refractivity contribution >= 4 is 11.4 Å². The number of alkyl halides is 2. The molecule has 0 radical (unpaired) electrons. The van der Waals surface area contributed by atoms with Gasteiger partial charge in [0.1, 0.15) is 0 Å². The molecule has 3 aromatic rings. The first-order valence-electron chi connectivity index (χ1n) is 12.3. The molecule has 1 atom stereocenters. The fourth-order valence-corrected chi connectivity index (χ4v) is 4.89. The van der Waals surface area contributed by atoms with Crippen LogP contribution in [0, 0.1) is 6.92 Å². The third kappa shape index (κ3) is 5.27. The Kier molecular flexibility index (Phi) is 7.29. The molecule has 0 spiro atoms. The molecule has 2 aliphatic rings. The SMILES string of the molecule is Cc1c(C(=O)Cc2ccc(C3=CCC(N4CCOCC4)CC3)nc2)cnn1-c1ccc(C(F)F)cn1. The molecule has 0 amide bonds. The van der Waals surface area contributed by atoms with Crippen LogP contribution in [-0.2, 0) is 11.2 Å². The van der Waals surface area contributed by atoms with E-state index in [4.69, 9.17) is 4.74 Å². The molecule has 3 aromatic heterocycles. The van der Waals surface area contributed by atoms with Crippen LogP contribution in [0.3, 0.4) is 0 Å². The summed E-state index contributed by atoms with van der Waals surface area (Å²) in [6.07, 6.45) is 7.47. The molecule has 7 nitrogen and oxygen atoms in total. The summed E-state index contributed by atoms with van der Waals surface area (Å²) in [6, 6.07) is 7.32. The van der Waals surface area contributed by atoms with Crippen molar-refractivity contribution in [1.82, 2.24) is 24.6 Å². The average molecular weight is 494 g/mol. The summed E-state index contributed by atoms with van der Waals surface area (Å²) in [4.78, 5) is 24.2. The minimum absolute atomic E-state index is 0.0808. The normalized spacial score (nSPS) is 18.9. The summed E-state index contributed by atoms with van der Waals surface area (Å²) in [6.45, 7) is 5.42. The maximum absolute atomic E-state index is 13.0. The number of halogens is 2. The number of pyridine rings is 2. The number of morpholine rings is 1. The van der Waals surface area contributed by atoms with Crippen molar-refractivity contribution in [3.05, 3.63) is 77.0 Å². The molecule has 1 saturated heterocycles. The van der Waals surface area contributed by atoms with Crippen molar-refractivity contribution < 1.29 is 18.3 Å². The summed E-state index contributed by atoms with van der Waals surface area (Å²) < 4.78 is 32.5. The molecule has 0 saturated carbocycles. The molecule has 1 aliphatic heterocycles. The van der Waals surface area contributed by atoms with Crippen LogP contribution in [0.5, 0.6) is 0 Å². The van der Waals surface area contributed by atoms with E-state index in [-0.39, 0.29) is 17.8 Å². The number of hydrogen-bond donors (Lipinski definition) is 0. The molecule has 0 N–H and O–H groups in total. The molecule has 9 heteroatoms. The first kappa shape index (κ1) is 24.4. The molecular weight excluding hydrogens is 464 g/mol. The van der Waals surface area contributed by atoms with E-state index in [9.17, 15) is 13.6 Å². The van der Waals surface area contributed by atoms with Crippen LogP contribution in [0.4, 0.5) is 8.78 Å². The monoisotopic (exact) mass is 493 g/mol. The molecule has 4 heterocycles. The largest absolute Gasteiger partial charge is 0.379 e. The number of aromatic nitrogens is 4. The Morgan fingerprint density at radius 3 is 2.58 bits per heavy atom. The minimum Gasteiger partial charge on any atom is -0.379 e. The lowest BCUT2D eigenvalue weighted by Crippen LogP contribution is -2.43. The Balaban J connectivity index is 1.22. The van der Waals surface area contributed by atoms with Crippen molar-refractivity contribution in [3.63, 3.8) is 0 Å². The van der Waals surface area contributed by atoms with E-state index < -0.39 is 6.43 Å². The number of hydrogen-bond acceptors (Lipinski definition) is 6. The lowest BCUT2D eigenvalue weighted by atomic mass is 9.91. The van der Waals surface area contributed by atoms with E-state index in [0.29, 0.717) is 23.1 Å². The summed E-state index contributed by atoms with van der Waals surface area (Å²) in [7, 11) is 0. The van der Waals surface area contributed by atoms with Gasteiger partial charge < -0.3 is 4.74 Å². The summed E-state index contributed by atoms with van der Waals surface area (Å²) >= 11 is 0. The highest BCUT2D eigenvalue weighted by molar-refractivity contribution is 5.98. The number of carbonyl (C=O) groups is 1. The van der Waals surface area contributed by atoms with Crippen LogP contribution in [-0.4, -0.2) is 62.8 Å². The predicted octanol–water partition coefficient (Wildman–Crippen LogP) is 4.60. The zero-order valence-corrected chi connectivity index (χ0v) is 20.2. The van der Waals surface area contributed by atoms with Crippen LogP contribution in [0.25, 0.3) is 11.4 Å². The molecule has 5 rings (SSSR count). The number of nitrogens with zero attached hydrogens (tertiary/aromatic N) is 5. The summed E-state index contributed by atoms with van der Waals surface area (Å²) in [5.41, 5.74) is 4.00. The van der Waals surface area contributed by atoms with E-state index in [0.717, 1.165) is 63.0 Å². The van der Waals surface area contributed by atoms with Gasteiger partial charge in [0.2, 0.25) is 0 Å². The highest BCUT2D eigenvalue weighted by atomic mass is 19.3. The zero-order valence-electron chi connectivity index (χ0n) is 20.2. The highest BCUT2D eigenvalue weighted by Crippen LogP contribution is 2.29. The van der Waals surface area contributed by atoms with Gasteiger partial charge in [0.05, 0.1) is 36.4 Å². The Bertz CT molecular complexity index is 1230. The van der Waals surface area contributed by atoms with Crippen molar-refractivity contribution in [3.8, 4) is 5.82 Å². The number of Topliss-reactive ketones (excluding diaryl/α,β-unsaturated/α-hetero) is 1. The van der Waals surface area contributed by atoms with Gasteiger partial charge in [0.15, 0.2) is 11.6 Å². The second-order valence-corrected chi connectivity index (χ2v) is 9.26. The Morgan fingerprint density at radius 2 is 1.94 bits per heavy atom. The van der Waals surface area contributed by atoms with E-state index in [1.54, 1.807) is 13.1 Å². The van der Waals surface area contributed by atoms with Gasteiger partial charge in [-0.25, -0.2) is 18.4 Å². The molecule has 188 valence electrons. The maximum atomic E-state index is 13.0. The van der Waals surface area contributed by atoms with E-state index in [2.05, 4.69) is 26.0 Å². The number of carbonyl (C=O) groups excluding carboxylic acids is 1. The first-order valence-corrected chi connectivity index (χ1v) is 12.3. The molecule has 36 heavy (non-hydrogen) atoms. The molecule has 1 aliphatic carbocycles. The van der Waals surface area contributed by atoms with Gasteiger partial charge >= 0.3 is 0 Å². The standard InChI is InChI=1S/C27H29F2N5O2/c1-18-23(17-32-34(18)26-9-5-21(16-31-26)27(28)29)25(35)14-19-2-8-24(30-15-19)20-3-6-22(7-4-20)33-10-12-36-13-11-33/h2-3,5,8-9,15-17,22,27H,4,6-7,10-14H2,1H3. The third-order valence-electron chi connectivity index (χ3n) is 7.01. The molecule has 1 unspecified atom stereocenters. The fourth-order valence-electron chi connectivity index (χ4n) is 4.89. The number of ether oxygens (including phenoxy) is 1. The average Bonchev–Trinajstić information content (AvgIpc) is 3.31. The van der Waals surface area contributed by atoms with Crippen molar-refractivity contribution in [2.45, 2.75) is 45.1 Å². The van der Waals surface area contributed by atoms with Gasteiger partial charge in [0, 0.05) is 43.5 Å². The zero-order chi connectivity index (χ0) is 25.1. The lowest BCUT2D eigenvalue weighted by Gasteiger charge is -2.36. The Labute approximate surface area is 208 Å². The summed E-state index contributed by atoms with van der Waals surface area (Å²) in [5.74, 6) is 0.307. The van der Waals surface area contributed by atoms with Crippen molar-refractivity contribution in [2.75, 3.05) is 26.3 Å². The predicted molar refractivity (Wildman–Crippen MR) is 131 cm³/mol. The van der Waals surface area contributed by atoms with Gasteiger partial charge in [-0.1, -0.05) is 12.1 Å². The lowest BCUT2D eigenvalue weighted by molar-refractivity contribution is 0.0150. The Hall–Kier alpha value is -3.30. The van der Waals surface area contributed by atoms with E-state index >= 15 is 0 Å². The van der Waals surface area contributed by atoms with Crippen LogP contribution < -0.4 is 0 Å². The first-order chi connectivity index (χ1) is 17.5. The summed E-state index contributed by atoms with van der Waals surface area (Å²) in [5, 5.41) is 4.25. The van der Waals surface area contributed by atoms with Gasteiger partial charge in [0.25, 0.3) is 6.43 Å². The van der Waals surface area contributed by atoms with Gasteiger partial charge in [-0.2, -0.15) is 5.10 Å². The second kappa shape index (κ2) is 10.8. The molecule has 0 bridgehead atoms. The van der Waals surface area contributed by atoms with Gasteiger partial charge in [-0.15, -0.1) is 0 Å². The second-order valence-electron chi connectivity index (χ2n) is 9.26. The van der Waals surface area contributed by atoms with Gasteiger partial charge in [-0.3, -0.25) is 14.7 Å². The number of allylic oxidation sites excluding steroid dienone is 1. The van der Waals surface area contributed by atoms with Crippen LogP contribution in [0.2, 0.25) is 0 Å². The van der Waals surface area contributed by atoms with Gasteiger partial charge in [-0.05, 0) is 55.5 Å². The topological polar surface area (TPSA) is 73.1 Å². The number of ketones is 1.